The average molecular weight is 356 g/mol. The molecule has 1 aromatic rings. The van der Waals surface area contributed by atoms with Crippen molar-refractivity contribution in [2.24, 2.45) is 0 Å². The molecule has 1 atom stereocenters. The Morgan fingerprint density at radius 1 is 1.42 bits per heavy atom. The zero-order chi connectivity index (χ0) is 17.6. The summed E-state index contributed by atoms with van der Waals surface area (Å²) in [7, 11) is -1.39. The summed E-state index contributed by atoms with van der Waals surface area (Å²) in [5, 5.41) is 3.10. The Kier molecular flexibility index (Phi) is 6.50. The molecule has 1 aromatic heterocycles. The minimum atomic E-state index is -3.04. The highest BCUT2D eigenvalue weighted by Crippen LogP contribution is 2.19. The van der Waals surface area contributed by atoms with Gasteiger partial charge in [-0.15, -0.1) is 0 Å². The molecule has 1 unspecified atom stereocenters. The molecule has 2 heterocycles. The molecule has 134 valence electrons. The summed E-state index contributed by atoms with van der Waals surface area (Å²) < 4.78 is 28.2. The molecule has 1 aliphatic rings. The van der Waals surface area contributed by atoms with Crippen molar-refractivity contribution in [3.8, 4) is 0 Å². The highest BCUT2D eigenvalue weighted by atomic mass is 32.2. The van der Waals surface area contributed by atoms with Crippen LogP contribution in [0.1, 0.15) is 30.3 Å². The fourth-order valence-corrected chi connectivity index (χ4v) is 4.43. The number of hydrogen-bond acceptors (Lipinski definition) is 7. The van der Waals surface area contributed by atoms with E-state index in [1.54, 1.807) is 12.0 Å². The van der Waals surface area contributed by atoms with Crippen LogP contribution in [0.2, 0.25) is 0 Å². The molecule has 0 aliphatic carbocycles. The minimum absolute atomic E-state index is 0.0269. The second-order valence-electron chi connectivity index (χ2n) is 5.71. The lowest BCUT2D eigenvalue weighted by Gasteiger charge is -2.26. The number of ether oxygens (including phenoxy) is 1. The van der Waals surface area contributed by atoms with E-state index in [0.717, 1.165) is 6.42 Å². The zero-order valence-corrected chi connectivity index (χ0v) is 14.9. The number of methoxy groups -OCH3 is 1. The lowest BCUT2D eigenvalue weighted by Crippen LogP contribution is -2.41. The number of rotatable bonds is 8. The van der Waals surface area contributed by atoms with E-state index < -0.39 is 9.84 Å². The van der Waals surface area contributed by atoms with E-state index in [4.69, 9.17) is 4.74 Å². The summed E-state index contributed by atoms with van der Waals surface area (Å²) in [6.45, 7) is 3.64. The van der Waals surface area contributed by atoms with Crippen LogP contribution in [-0.4, -0.2) is 73.5 Å². The number of nitrogens with one attached hydrogen (secondary N) is 1. The van der Waals surface area contributed by atoms with Crippen molar-refractivity contribution in [1.82, 2.24) is 14.9 Å². The minimum Gasteiger partial charge on any atom is -0.385 e. The molecule has 1 N–H and O–H groups in total. The van der Waals surface area contributed by atoms with Gasteiger partial charge in [-0.25, -0.2) is 18.4 Å². The highest BCUT2D eigenvalue weighted by Gasteiger charge is 2.34. The largest absolute Gasteiger partial charge is 0.385 e. The van der Waals surface area contributed by atoms with Crippen molar-refractivity contribution in [2.75, 3.05) is 43.6 Å². The number of hydrogen-bond donors (Lipinski definition) is 1. The molecule has 2 rings (SSSR count). The van der Waals surface area contributed by atoms with Crippen LogP contribution in [0.25, 0.3) is 0 Å². The van der Waals surface area contributed by atoms with Gasteiger partial charge in [0.1, 0.15) is 11.5 Å². The predicted octanol–water partition coefficient (Wildman–Crippen LogP) is 0.574. The first-order chi connectivity index (χ1) is 11.5. The first kappa shape index (κ1) is 18.6. The summed E-state index contributed by atoms with van der Waals surface area (Å²) in [4.78, 5) is 22.5. The van der Waals surface area contributed by atoms with Gasteiger partial charge in [0.05, 0.1) is 23.9 Å². The van der Waals surface area contributed by atoms with Crippen LogP contribution >= 0.6 is 0 Å². The number of anilines is 1. The quantitative estimate of drug-likeness (QED) is 0.680. The Bertz CT molecular complexity index is 648. The molecule has 24 heavy (non-hydrogen) atoms. The molecule has 0 aromatic carbocycles. The van der Waals surface area contributed by atoms with Crippen LogP contribution in [0, 0.1) is 0 Å². The van der Waals surface area contributed by atoms with Gasteiger partial charge in [-0.1, -0.05) is 0 Å². The third-order valence-electron chi connectivity index (χ3n) is 3.95. The molecular formula is C15H24N4O4S. The number of aromatic nitrogens is 2. The molecule has 8 nitrogen and oxygen atoms in total. The lowest BCUT2D eigenvalue weighted by atomic mass is 10.2. The Morgan fingerprint density at radius 3 is 2.75 bits per heavy atom. The predicted molar refractivity (Wildman–Crippen MR) is 90.8 cm³/mol. The van der Waals surface area contributed by atoms with Crippen LogP contribution in [0.15, 0.2) is 12.4 Å². The Morgan fingerprint density at radius 2 is 2.21 bits per heavy atom. The molecule has 1 saturated heterocycles. The third kappa shape index (κ3) is 4.88. The van der Waals surface area contributed by atoms with E-state index in [9.17, 15) is 13.2 Å². The standard InChI is InChI=1S/C15H24N4O4S/c1-3-19(12-5-8-24(21,22)11-12)15(20)13-9-18-14(10-17-13)16-6-4-7-23-2/h9-10,12H,3-8,11H2,1-2H3,(H,16,18). The number of carbonyl (C=O) groups is 1. The molecule has 1 aliphatic heterocycles. The molecule has 9 heteroatoms. The van der Waals surface area contributed by atoms with Gasteiger partial charge in [0.25, 0.3) is 5.91 Å². The normalized spacial score (nSPS) is 19.2. The molecular weight excluding hydrogens is 332 g/mol. The van der Waals surface area contributed by atoms with E-state index in [-0.39, 0.29) is 29.1 Å². The number of amides is 1. The van der Waals surface area contributed by atoms with Gasteiger partial charge in [-0.3, -0.25) is 4.79 Å². The van der Waals surface area contributed by atoms with Gasteiger partial charge in [0, 0.05) is 32.8 Å². The maximum atomic E-state index is 12.6. The van der Waals surface area contributed by atoms with E-state index in [1.807, 2.05) is 6.92 Å². The van der Waals surface area contributed by atoms with Gasteiger partial charge in [0.15, 0.2) is 9.84 Å². The Balaban J connectivity index is 1.98. The molecule has 0 bridgehead atoms. The highest BCUT2D eigenvalue weighted by molar-refractivity contribution is 7.91. The summed E-state index contributed by atoms with van der Waals surface area (Å²) in [5.41, 5.74) is 0.226. The number of carbonyl (C=O) groups excluding carboxylic acids is 1. The topological polar surface area (TPSA) is 101 Å². The van der Waals surface area contributed by atoms with E-state index in [2.05, 4.69) is 15.3 Å². The Hall–Kier alpha value is -1.74. The van der Waals surface area contributed by atoms with Crippen molar-refractivity contribution >= 4 is 21.6 Å². The van der Waals surface area contributed by atoms with E-state index in [0.29, 0.717) is 31.9 Å². The Labute approximate surface area is 142 Å². The van der Waals surface area contributed by atoms with Gasteiger partial charge < -0.3 is 15.0 Å². The van der Waals surface area contributed by atoms with Crippen molar-refractivity contribution in [1.29, 1.82) is 0 Å². The second-order valence-corrected chi connectivity index (χ2v) is 7.94. The van der Waals surface area contributed by atoms with E-state index in [1.165, 1.54) is 12.4 Å². The van der Waals surface area contributed by atoms with Crippen LogP contribution in [0.5, 0.6) is 0 Å². The van der Waals surface area contributed by atoms with Crippen LogP contribution in [0.3, 0.4) is 0 Å². The molecule has 0 radical (unpaired) electrons. The molecule has 1 fully saturated rings. The lowest BCUT2D eigenvalue weighted by molar-refractivity contribution is 0.0702. The molecule has 0 saturated carbocycles. The average Bonchev–Trinajstić information content (AvgIpc) is 2.92. The maximum Gasteiger partial charge on any atom is 0.274 e. The third-order valence-corrected chi connectivity index (χ3v) is 5.70. The summed E-state index contributed by atoms with van der Waals surface area (Å²) in [6, 6.07) is -0.277. The first-order valence-electron chi connectivity index (χ1n) is 8.03. The fourth-order valence-electron chi connectivity index (χ4n) is 2.70. The fraction of sp³-hybridized carbons (Fsp3) is 0.667. The number of sulfone groups is 1. The SMILES string of the molecule is CCN(C(=O)c1cnc(NCCCOC)cn1)C1CCS(=O)(=O)C1. The van der Waals surface area contributed by atoms with Crippen molar-refractivity contribution < 1.29 is 17.9 Å². The maximum absolute atomic E-state index is 12.6. The second kappa shape index (κ2) is 8.39. The molecule has 0 spiro atoms. The van der Waals surface area contributed by atoms with Crippen molar-refractivity contribution in [3.63, 3.8) is 0 Å². The van der Waals surface area contributed by atoms with Crippen LogP contribution < -0.4 is 5.32 Å². The van der Waals surface area contributed by atoms with Crippen molar-refractivity contribution in [2.45, 2.75) is 25.8 Å². The molecule has 1 amide bonds. The smallest absolute Gasteiger partial charge is 0.274 e. The summed E-state index contributed by atoms with van der Waals surface area (Å²) in [5.74, 6) is 0.476. The van der Waals surface area contributed by atoms with Gasteiger partial charge in [-0.05, 0) is 19.8 Å². The van der Waals surface area contributed by atoms with Gasteiger partial charge in [0.2, 0.25) is 0 Å². The summed E-state index contributed by atoms with van der Waals surface area (Å²) >= 11 is 0. The van der Waals surface area contributed by atoms with E-state index >= 15 is 0 Å². The van der Waals surface area contributed by atoms with Gasteiger partial charge in [-0.2, -0.15) is 0 Å². The number of nitrogens with zero attached hydrogens (tertiary/aromatic N) is 3. The van der Waals surface area contributed by atoms with Crippen LogP contribution in [-0.2, 0) is 14.6 Å². The van der Waals surface area contributed by atoms with Crippen LogP contribution in [0.4, 0.5) is 5.82 Å². The summed E-state index contributed by atoms with van der Waals surface area (Å²) in [6.07, 6.45) is 4.26. The zero-order valence-electron chi connectivity index (χ0n) is 14.1. The van der Waals surface area contributed by atoms with Crippen molar-refractivity contribution in [3.05, 3.63) is 18.1 Å². The monoisotopic (exact) mass is 356 g/mol. The van der Waals surface area contributed by atoms with Gasteiger partial charge >= 0.3 is 0 Å². The first-order valence-corrected chi connectivity index (χ1v) is 9.85.